The molecule has 0 fully saturated rings. The molecule has 0 radical (unpaired) electrons. The Morgan fingerprint density at radius 1 is 1.36 bits per heavy atom. The molecule has 14 heavy (non-hydrogen) atoms. The fourth-order valence-corrected chi connectivity index (χ4v) is 1.41. The van der Waals surface area contributed by atoms with Crippen molar-refractivity contribution in [3.05, 3.63) is 35.9 Å². The van der Waals surface area contributed by atoms with E-state index in [0.29, 0.717) is 19.4 Å². The first-order valence-corrected chi connectivity index (χ1v) is 4.71. The lowest BCUT2D eigenvalue weighted by molar-refractivity contribution is -0.141. The van der Waals surface area contributed by atoms with E-state index in [1.54, 1.807) is 0 Å². The molecule has 1 aromatic carbocycles. The third-order valence-electron chi connectivity index (χ3n) is 2.19. The zero-order chi connectivity index (χ0) is 10.4. The largest absolute Gasteiger partial charge is 0.481 e. The van der Waals surface area contributed by atoms with Crippen molar-refractivity contribution in [2.45, 2.75) is 12.8 Å². The minimum Gasteiger partial charge on any atom is -0.481 e. The summed E-state index contributed by atoms with van der Waals surface area (Å²) in [6.45, 7) is 0.420. The molecule has 1 atom stereocenters. The summed E-state index contributed by atoms with van der Waals surface area (Å²) in [4.78, 5) is 10.8. The summed E-state index contributed by atoms with van der Waals surface area (Å²) in [6.07, 6.45) is 1.09. The Bertz CT molecular complexity index is 285. The highest BCUT2D eigenvalue weighted by atomic mass is 16.4. The predicted molar refractivity (Wildman–Crippen MR) is 54.9 cm³/mol. The first-order chi connectivity index (χ1) is 6.74. The van der Waals surface area contributed by atoms with Crippen molar-refractivity contribution in [3.8, 4) is 0 Å². The average Bonchev–Trinajstić information content (AvgIpc) is 2.18. The Hall–Kier alpha value is -1.35. The second kappa shape index (κ2) is 5.40. The molecule has 3 heteroatoms. The van der Waals surface area contributed by atoms with Gasteiger partial charge in [-0.05, 0) is 24.9 Å². The molecule has 0 spiro atoms. The van der Waals surface area contributed by atoms with Gasteiger partial charge in [0.2, 0.25) is 0 Å². The van der Waals surface area contributed by atoms with Crippen LogP contribution in [0.1, 0.15) is 12.0 Å². The average molecular weight is 193 g/mol. The van der Waals surface area contributed by atoms with E-state index in [1.165, 1.54) is 0 Å². The summed E-state index contributed by atoms with van der Waals surface area (Å²) in [5.41, 5.74) is 6.41. The van der Waals surface area contributed by atoms with Crippen LogP contribution in [0, 0.1) is 5.92 Å². The number of hydrogen-bond donors (Lipinski definition) is 2. The summed E-state index contributed by atoms with van der Waals surface area (Å²) in [5, 5.41) is 8.91. The Balaban J connectivity index is 2.60. The number of carbonyl (C=O) groups is 1. The molecular weight excluding hydrogens is 178 g/mol. The Morgan fingerprint density at radius 3 is 2.50 bits per heavy atom. The van der Waals surface area contributed by atoms with Crippen molar-refractivity contribution in [3.63, 3.8) is 0 Å². The first-order valence-electron chi connectivity index (χ1n) is 4.71. The van der Waals surface area contributed by atoms with E-state index >= 15 is 0 Å². The number of benzene rings is 1. The van der Waals surface area contributed by atoms with Gasteiger partial charge in [0.15, 0.2) is 0 Å². The maximum absolute atomic E-state index is 10.8. The van der Waals surface area contributed by atoms with Crippen LogP contribution < -0.4 is 5.73 Å². The van der Waals surface area contributed by atoms with Crippen LogP contribution in [-0.4, -0.2) is 17.6 Å². The third kappa shape index (κ3) is 3.18. The SMILES string of the molecule is NCC[C@H](Cc1ccccc1)C(=O)O. The molecule has 1 aromatic rings. The molecule has 0 aromatic heterocycles. The van der Waals surface area contributed by atoms with Gasteiger partial charge < -0.3 is 10.8 Å². The summed E-state index contributed by atoms with van der Waals surface area (Å²) in [6, 6.07) is 9.62. The molecule has 1 rings (SSSR count). The van der Waals surface area contributed by atoms with Crippen LogP contribution >= 0.6 is 0 Å². The summed E-state index contributed by atoms with van der Waals surface area (Å²) < 4.78 is 0. The number of aliphatic carboxylic acids is 1. The molecule has 0 bridgehead atoms. The van der Waals surface area contributed by atoms with E-state index in [-0.39, 0.29) is 5.92 Å². The van der Waals surface area contributed by atoms with Crippen LogP contribution in [0.2, 0.25) is 0 Å². The van der Waals surface area contributed by atoms with Crippen molar-refractivity contribution in [2.75, 3.05) is 6.54 Å². The quantitative estimate of drug-likeness (QED) is 0.740. The predicted octanol–water partition coefficient (Wildman–Crippen LogP) is 1.28. The summed E-state index contributed by atoms with van der Waals surface area (Å²) in [5.74, 6) is -1.12. The van der Waals surface area contributed by atoms with Gasteiger partial charge >= 0.3 is 5.97 Å². The van der Waals surface area contributed by atoms with E-state index in [2.05, 4.69) is 0 Å². The number of carboxylic acid groups (broad SMARTS) is 1. The summed E-state index contributed by atoms with van der Waals surface area (Å²) >= 11 is 0. The van der Waals surface area contributed by atoms with Gasteiger partial charge in [-0.2, -0.15) is 0 Å². The molecular formula is C11H15NO2. The van der Waals surface area contributed by atoms with Gasteiger partial charge in [-0.1, -0.05) is 30.3 Å². The molecule has 0 heterocycles. The van der Waals surface area contributed by atoms with Crippen molar-refractivity contribution < 1.29 is 9.90 Å². The monoisotopic (exact) mass is 193 g/mol. The van der Waals surface area contributed by atoms with E-state index in [4.69, 9.17) is 10.8 Å². The number of carboxylic acids is 1. The van der Waals surface area contributed by atoms with Gasteiger partial charge in [-0.15, -0.1) is 0 Å². The number of hydrogen-bond acceptors (Lipinski definition) is 2. The highest BCUT2D eigenvalue weighted by Gasteiger charge is 2.16. The zero-order valence-electron chi connectivity index (χ0n) is 8.02. The van der Waals surface area contributed by atoms with Crippen LogP contribution in [0.3, 0.4) is 0 Å². The molecule has 0 aliphatic heterocycles. The van der Waals surface area contributed by atoms with Gasteiger partial charge in [0.05, 0.1) is 5.92 Å². The first kappa shape index (κ1) is 10.7. The van der Waals surface area contributed by atoms with Crippen LogP contribution in [-0.2, 0) is 11.2 Å². The van der Waals surface area contributed by atoms with E-state index < -0.39 is 5.97 Å². The molecule has 0 amide bonds. The third-order valence-corrected chi connectivity index (χ3v) is 2.19. The van der Waals surface area contributed by atoms with Crippen molar-refractivity contribution >= 4 is 5.97 Å². The van der Waals surface area contributed by atoms with Crippen LogP contribution in [0.5, 0.6) is 0 Å². The molecule has 0 saturated heterocycles. The van der Waals surface area contributed by atoms with E-state index in [9.17, 15) is 4.79 Å². The smallest absolute Gasteiger partial charge is 0.306 e. The molecule has 76 valence electrons. The highest BCUT2D eigenvalue weighted by molar-refractivity contribution is 5.70. The van der Waals surface area contributed by atoms with Crippen molar-refractivity contribution in [1.29, 1.82) is 0 Å². The lowest BCUT2D eigenvalue weighted by atomic mass is 9.96. The van der Waals surface area contributed by atoms with E-state index in [0.717, 1.165) is 5.56 Å². The minimum absolute atomic E-state index is 0.359. The van der Waals surface area contributed by atoms with Crippen molar-refractivity contribution in [1.82, 2.24) is 0 Å². The fraction of sp³-hybridized carbons (Fsp3) is 0.364. The summed E-state index contributed by atoms with van der Waals surface area (Å²) in [7, 11) is 0. The Morgan fingerprint density at radius 2 is 2.00 bits per heavy atom. The lowest BCUT2D eigenvalue weighted by Gasteiger charge is -2.10. The molecule has 0 saturated carbocycles. The molecule has 0 unspecified atom stereocenters. The normalized spacial score (nSPS) is 12.4. The van der Waals surface area contributed by atoms with Crippen LogP contribution in [0.15, 0.2) is 30.3 Å². The Labute approximate surface area is 83.6 Å². The topological polar surface area (TPSA) is 63.3 Å². The van der Waals surface area contributed by atoms with Crippen molar-refractivity contribution in [2.24, 2.45) is 11.7 Å². The Kier molecular flexibility index (Phi) is 4.13. The second-order valence-electron chi connectivity index (χ2n) is 3.30. The van der Waals surface area contributed by atoms with Gasteiger partial charge in [0.25, 0.3) is 0 Å². The molecule has 3 N–H and O–H groups in total. The minimum atomic E-state index is -0.765. The standard InChI is InChI=1S/C11H15NO2/c12-7-6-10(11(13)14)8-9-4-2-1-3-5-9/h1-5,10H,6-8,12H2,(H,13,14)/t10-/m1/s1. The van der Waals surface area contributed by atoms with Crippen LogP contribution in [0.4, 0.5) is 0 Å². The fourth-order valence-electron chi connectivity index (χ4n) is 1.41. The van der Waals surface area contributed by atoms with Gasteiger partial charge in [-0.3, -0.25) is 4.79 Å². The van der Waals surface area contributed by atoms with Gasteiger partial charge in [0.1, 0.15) is 0 Å². The highest BCUT2D eigenvalue weighted by Crippen LogP contribution is 2.11. The molecule has 0 aliphatic carbocycles. The maximum atomic E-state index is 10.8. The number of rotatable bonds is 5. The van der Waals surface area contributed by atoms with E-state index in [1.807, 2.05) is 30.3 Å². The zero-order valence-corrected chi connectivity index (χ0v) is 8.02. The lowest BCUT2D eigenvalue weighted by Crippen LogP contribution is -2.20. The molecule has 0 aliphatic rings. The van der Waals surface area contributed by atoms with Gasteiger partial charge in [-0.25, -0.2) is 0 Å². The van der Waals surface area contributed by atoms with Gasteiger partial charge in [0, 0.05) is 0 Å². The number of nitrogens with two attached hydrogens (primary N) is 1. The maximum Gasteiger partial charge on any atom is 0.306 e. The second-order valence-corrected chi connectivity index (χ2v) is 3.30. The van der Waals surface area contributed by atoms with Crippen LogP contribution in [0.25, 0.3) is 0 Å². The molecule has 3 nitrogen and oxygen atoms in total.